The molecule has 1 saturated heterocycles. The summed E-state index contributed by atoms with van der Waals surface area (Å²) in [5.41, 5.74) is 6.42. The van der Waals surface area contributed by atoms with Crippen molar-refractivity contribution in [3.8, 4) is 0 Å². The number of aliphatic carboxylic acids is 1. The molecule has 1 aliphatic heterocycles. The third-order valence-electron chi connectivity index (χ3n) is 4.60. The summed E-state index contributed by atoms with van der Waals surface area (Å²) < 4.78 is 13.6. The molecule has 1 aromatic rings. The van der Waals surface area contributed by atoms with E-state index < -0.39 is 18.1 Å². The van der Waals surface area contributed by atoms with E-state index in [9.17, 15) is 19.1 Å². The number of likely N-dealkylation sites (tertiary alicyclic amines) is 1. The number of carboxylic acids is 1. The zero-order valence-electron chi connectivity index (χ0n) is 12.1. The summed E-state index contributed by atoms with van der Waals surface area (Å²) in [6.07, 6.45) is 1.19. The average Bonchev–Trinajstić information content (AvgIpc) is 3.10. The second kappa shape index (κ2) is 5.68. The quantitative estimate of drug-likeness (QED) is 0.850. The monoisotopic (exact) mass is 306 g/mol. The van der Waals surface area contributed by atoms with Crippen molar-refractivity contribution in [2.24, 2.45) is 17.6 Å². The molecule has 2 fully saturated rings. The van der Waals surface area contributed by atoms with Crippen LogP contribution in [0.4, 0.5) is 4.39 Å². The summed E-state index contributed by atoms with van der Waals surface area (Å²) in [4.78, 5) is 25.0. The third-order valence-corrected chi connectivity index (χ3v) is 4.60. The number of fused-ring (bicyclic) bond motifs is 1. The Hall–Kier alpha value is -1.95. The van der Waals surface area contributed by atoms with Crippen LogP contribution in [0.1, 0.15) is 18.4 Å². The number of carbonyl (C=O) groups excluding carboxylic acids is 1. The number of benzene rings is 1. The van der Waals surface area contributed by atoms with Crippen LogP contribution in [0.2, 0.25) is 0 Å². The average molecular weight is 306 g/mol. The molecule has 118 valence electrons. The number of rotatable bonds is 5. The van der Waals surface area contributed by atoms with Crippen LogP contribution in [0.15, 0.2) is 24.3 Å². The first kappa shape index (κ1) is 15.0. The highest BCUT2D eigenvalue weighted by Crippen LogP contribution is 2.49. The molecule has 5 nitrogen and oxygen atoms in total. The van der Waals surface area contributed by atoms with Gasteiger partial charge in [-0.3, -0.25) is 4.79 Å². The highest BCUT2D eigenvalue weighted by Gasteiger charge is 2.56. The van der Waals surface area contributed by atoms with Crippen LogP contribution in [0.25, 0.3) is 0 Å². The van der Waals surface area contributed by atoms with Gasteiger partial charge in [0, 0.05) is 19.0 Å². The normalized spacial score (nSPS) is 27.4. The summed E-state index contributed by atoms with van der Waals surface area (Å²) in [6, 6.07) is 5.10. The van der Waals surface area contributed by atoms with Crippen LogP contribution in [-0.4, -0.2) is 40.5 Å². The topological polar surface area (TPSA) is 83.6 Å². The molecule has 1 amide bonds. The van der Waals surface area contributed by atoms with E-state index in [4.69, 9.17) is 5.73 Å². The summed E-state index contributed by atoms with van der Waals surface area (Å²) >= 11 is 0. The molecule has 4 atom stereocenters. The number of carboxylic acid groups (broad SMARTS) is 1. The Kier molecular flexibility index (Phi) is 3.87. The van der Waals surface area contributed by atoms with E-state index in [-0.39, 0.29) is 30.5 Å². The lowest BCUT2D eigenvalue weighted by molar-refractivity contribution is -0.149. The lowest BCUT2D eigenvalue weighted by atomic mass is 10.0. The number of hydrogen-bond donors (Lipinski definition) is 2. The van der Waals surface area contributed by atoms with Gasteiger partial charge < -0.3 is 15.7 Å². The van der Waals surface area contributed by atoms with Crippen molar-refractivity contribution in [2.45, 2.75) is 31.3 Å². The van der Waals surface area contributed by atoms with Crippen LogP contribution in [0.3, 0.4) is 0 Å². The van der Waals surface area contributed by atoms with Crippen LogP contribution < -0.4 is 5.73 Å². The molecule has 0 aromatic heterocycles. The smallest absolute Gasteiger partial charge is 0.326 e. The lowest BCUT2D eigenvalue weighted by Crippen LogP contribution is -2.45. The van der Waals surface area contributed by atoms with Crippen molar-refractivity contribution in [1.29, 1.82) is 0 Å². The minimum Gasteiger partial charge on any atom is -0.480 e. The summed E-state index contributed by atoms with van der Waals surface area (Å²) in [5.74, 6) is -1.10. The molecule has 2 aliphatic rings. The van der Waals surface area contributed by atoms with Crippen molar-refractivity contribution in [3.63, 3.8) is 0 Å². The number of nitrogens with zero attached hydrogens (tertiary/aromatic N) is 1. The van der Waals surface area contributed by atoms with Gasteiger partial charge >= 0.3 is 5.97 Å². The number of hydrogen-bond acceptors (Lipinski definition) is 3. The van der Waals surface area contributed by atoms with Crippen molar-refractivity contribution in [3.05, 3.63) is 35.6 Å². The second-order valence-corrected chi connectivity index (χ2v) is 6.25. The van der Waals surface area contributed by atoms with Gasteiger partial charge in [0.15, 0.2) is 0 Å². The first-order chi connectivity index (χ1) is 10.5. The fourth-order valence-corrected chi connectivity index (χ4v) is 3.40. The molecular weight excluding hydrogens is 287 g/mol. The predicted octanol–water partition coefficient (Wildman–Crippen LogP) is 1.02. The van der Waals surface area contributed by atoms with Gasteiger partial charge in [0.2, 0.25) is 5.91 Å². The highest BCUT2D eigenvalue weighted by molar-refractivity contribution is 5.85. The molecule has 22 heavy (non-hydrogen) atoms. The summed E-state index contributed by atoms with van der Waals surface area (Å²) in [6.45, 7) is 0.507. The molecule has 0 radical (unpaired) electrons. The van der Waals surface area contributed by atoms with Crippen LogP contribution in [0, 0.1) is 17.7 Å². The standard InChI is InChI=1S/C16H19FN2O3/c17-13-4-2-1-3-9(13)5-11(18)7-14(20)19-8-10-6-12(10)15(19)16(21)22/h1-4,10-12,15H,5-8,18H2,(H,21,22)/t10?,11-,12?,15?/m1/s1. The molecule has 0 spiro atoms. The molecule has 3 rings (SSSR count). The van der Waals surface area contributed by atoms with E-state index in [0.29, 0.717) is 18.0 Å². The molecule has 3 N–H and O–H groups in total. The first-order valence-corrected chi connectivity index (χ1v) is 7.48. The van der Waals surface area contributed by atoms with Gasteiger partial charge in [0.25, 0.3) is 0 Å². The number of nitrogens with two attached hydrogens (primary N) is 1. The fourth-order valence-electron chi connectivity index (χ4n) is 3.40. The maximum absolute atomic E-state index is 13.6. The summed E-state index contributed by atoms with van der Waals surface area (Å²) in [7, 11) is 0. The Morgan fingerprint density at radius 3 is 2.82 bits per heavy atom. The van der Waals surface area contributed by atoms with Crippen molar-refractivity contribution < 1.29 is 19.1 Å². The number of amides is 1. The van der Waals surface area contributed by atoms with Crippen LogP contribution in [-0.2, 0) is 16.0 Å². The highest BCUT2D eigenvalue weighted by atomic mass is 19.1. The van der Waals surface area contributed by atoms with Crippen LogP contribution in [0.5, 0.6) is 0 Å². The molecule has 6 heteroatoms. The molecule has 1 aliphatic carbocycles. The van der Waals surface area contributed by atoms with E-state index in [0.717, 1.165) is 6.42 Å². The Labute approximate surface area is 127 Å². The number of halogens is 1. The van der Waals surface area contributed by atoms with E-state index in [1.165, 1.54) is 11.0 Å². The first-order valence-electron chi connectivity index (χ1n) is 7.48. The lowest BCUT2D eigenvalue weighted by Gasteiger charge is -2.25. The molecule has 1 aromatic carbocycles. The number of piperidine rings is 1. The predicted molar refractivity (Wildman–Crippen MR) is 77.4 cm³/mol. The van der Waals surface area contributed by atoms with Gasteiger partial charge in [-0.15, -0.1) is 0 Å². The molecule has 1 saturated carbocycles. The van der Waals surface area contributed by atoms with Gasteiger partial charge in [-0.1, -0.05) is 18.2 Å². The summed E-state index contributed by atoms with van der Waals surface area (Å²) in [5, 5.41) is 9.26. The Morgan fingerprint density at radius 1 is 1.41 bits per heavy atom. The largest absolute Gasteiger partial charge is 0.480 e. The fraction of sp³-hybridized carbons (Fsp3) is 0.500. The molecule has 3 unspecified atom stereocenters. The zero-order chi connectivity index (χ0) is 15.9. The van der Waals surface area contributed by atoms with Crippen LogP contribution >= 0.6 is 0 Å². The molecule has 0 bridgehead atoms. The number of carbonyl (C=O) groups is 2. The van der Waals surface area contributed by atoms with Crippen molar-refractivity contribution >= 4 is 11.9 Å². The van der Waals surface area contributed by atoms with Crippen molar-refractivity contribution in [2.75, 3.05) is 6.54 Å². The van der Waals surface area contributed by atoms with E-state index >= 15 is 0 Å². The molecule has 1 heterocycles. The van der Waals surface area contributed by atoms with Gasteiger partial charge in [0.05, 0.1) is 0 Å². The Morgan fingerprint density at radius 2 is 2.14 bits per heavy atom. The van der Waals surface area contributed by atoms with Crippen molar-refractivity contribution in [1.82, 2.24) is 4.90 Å². The van der Waals surface area contributed by atoms with Gasteiger partial charge in [-0.2, -0.15) is 0 Å². The maximum atomic E-state index is 13.6. The van der Waals surface area contributed by atoms with E-state index in [1.54, 1.807) is 18.2 Å². The zero-order valence-corrected chi connectivity index (χ0v) is 12.1. The van der Waals surface area contributed by atoms with E-state index in [1.807, 2.05) is 0 Å². The maximum Gasteiger partial charge on any atom is 0.326 e. The minimum absolute atomic E-state index is 0.0392. The second-order valence-electron chi connectivity index (χ2n) is 6.25. The van der Waals surface area contributed by atoms with Gasteiger partial charge in [-0.25, -0.2) is 9.18 Å². The third kappa shape index (κ3) is 2.83. The van der Waals surface area contributed by atoms with Gasteiger partial charge in [-0.05, 0) is 36.3 Å². The minimum atomic E-state index is -0.943. The van der Waals surface area contributed by atoms with Gasteiger partial charge in [0.1, 0.15) is 11.9 Å². The van der Waals surface area contributed by atoms with E-state index in [2.05, 4.69) is 0 Å². The SMILES string of the molecule is N[C@@H](CC(=O)N1CC2CC2C1C(=O)O)Cc1ccccc1F. The Bertz CT molecular complexity index is 607. The Balaban J connectivity index is 1.60. The molecular formula is C16H19FN2O3.